The minimum absolute atomic E-state index is 0.0345. The first-order valence-electron chi connectivity index (χ1n) is 6.03. The van der Waals surface area contributed by atoms with Crippen molar-refractivity contribution in [2.24, 2.45) is 5.73 Å². The largest absolute Gasteiger partial charge is 0.486 e. The Kier molecular flexibility index (Phi) is 3.26. The molecule has 0 radical (unpaired) electrons. The summed E-state index contributed by atoms with van der Waals surface area (Å²) in [4.78, 5) is 1.20. The number of hydrogen-bond donors (Lipinski definition) is 1. The van der Waals surface area contributed by atoms with E-state index in [9.17, 15) is 0 Å². The first kappa shape index (κ1) is 11.6. The highest BCUT2D eigenvalue weighted by Gasteiger charge is 2.26. The van der Waals surface area contributed by atoms with E-state index in [1.165, 1.54) is 4.90 Å². The average Bonchev–Trinajstić information content (AvgIpc) is 2.47. The van der Waals surface area contributed by atoms with E-state index in [0.29, 0.717) is 0 Å². The predicted molar refractivity (Wildman–Crippen MR) is 75.0 cm³/mol. The first-order valence-corrected chi connectivity index (χ1v) is 7.02. The van der Waals surface area contributed by atoms with E-state index in [2.05, 4.69) is 18.2 Å². The third-order valence-electron chi connectivity index (χ3n) is 3.12. The molecule has 0 fully saturated rings. The fourth-order valence-electron chi connectivity index (χ4n) is 2.10. The fraction of sp³-hybridized carbons (Fsp3) is 0.200. The number of rotatable bonds is 2. The molecule has 3 heteroatoms. The lowest BCUT2D eigenvalue weighted by atomic mass is 10.0. The van der Waals surface area contributed by atoms with Crippen molar-refractivity contribution in [2.45, 2.75) is 17.0 Å². The van der Waals surface area contributed by atoms with Crippen LogP contribution in [0.1, 0.15) is 11.6 Å². The van der Waals surface area contributed by atoms with Crippen molar-refractivity contribution in [1.29, 1.82) is 0 Å². The molecule has 2 atom stereocenters. The lowest BCUT2D eigenvalue weighted by molar-refractivity contribution is 0.185. The van der Waals surface area contributed by atoms with Crippen molar-refractivity contribution in [3.05, 3.63) is 60.2 Å². The average molecular weight is 257 g/mol. The molecule has 2 aromatic rings. The second-order valence-electron chi connectivity index (χ2n) is 4.35. The summed E-state index contributed by atoms with van der Waals surface area (Å²) in [5.74, 6) is 1.85. The molecular formula is C15H15NOS. The van der Waals surface area contributed by atoms with Crippen LogP contribution in [0.3, 0.4) is 0 Å². The Morgan fingerprint density at radius 3 is 2.61 bits per heavy atom. The Labute approximate surface area is 111 Å². The van der Waals surface area contributed by atoms with Crippen LogP contribution >= 0.6 is 11.8 Å². The lowest BCUT2D eigenvalue weighted by Crippen LogP contribution is -2.35. The zero-order valence-corrected chi connectivity index (χ0v) is 10.8. The molecule has 1 heterocycles. The molecule has 2 nitrogen and oxygen atoms in total. The second-order valence-corrected chi connectivity index (χ2v) is 5.41. The molecular weight excluding hydrogens is 242 g/mol. The van der Waals surface area contributed by atoms with Gasteiger partial charge in [-0.15, -0.1) is 11.8 Å². The topological polar surface area (TPSA) is 35.2 Å². The van der Waals surface area contributed by atoms with E-state index in [4.69, 9.17) is 10.5 Å². The molecule has 2 N–H and O–H groups in total. The molecule has 2 unspecified atom stereocenters. The van der Waals surface area contributed by atoms with Crippen LogP contribution in [0.15, 0.2) is 59.5 Å². The summed E-state index contributed by atoms with van der Waals surface area (Å²) in [5, 5.41) is 0. The third-order valence-corrected chi connectivity index (χ3v) is 4.26. The van der Waals surface area contributed by atoms with Crippen LogP contribution in [0.4, 0.5) is 0 Å². The minimum atomic E-state index is -0.0768. The van der Waals surface area contributed by atoms with Gasteiger partial charge < -0.3 is 10.5 Å². The summed E-state index contributed by atoms with van der Waals surface area (Å²) in [6.07, 6.45) is 0.0345. The molecule has 0 saturated heterocycles. The highest BCUT2D eigenvalue weighted by molar-refractivity contribution is 7.99. The molecule has 0 bridgehead atoms. The molecule has 0 spiro atoms. The van der Waals surface area contributed by atoms with Crippen LogP contribution in [0.25, 0.3) is 0 Å². The third kappa shape index (κ3) is 2.24. The minimum Gasteiger partial charge on any atom is -0.486 e. The monoisotopic (exact) mass is 257 g/mol. The van der Waals surface area contributed by atoms with Gasteiger partial charge in [-0.25, -0.2) is 0 Å². The molecule has 18 heavy (non-hydrogen) atoms. The Hall–Kier alpha value is -1.45. The summed E-state index contributed by atoms with van der Waals surface area (Å²) >= 11 is 1.81. The Balaban J connectivity index is 1.80. The van der Waals surface area contributed by atoms with Crippen molar-refractivity contribution in [3.63, 3.8) is 0 Å². The predicted octanol–water partition coefficient (Wildman–Crippen LogP) is 3.24. The van der Waals surface area contributed by atoms with Crippen LogP contribution in [0, 0.1) is 0 Å². The summed E-state index contributed by atoms with van der Waals surface area (Å²) < 4.78 is 6.00. The van der Waals surface area contributed by atoms with Crippen LogP contribution in [0.5, 0.6) is 5.75 Å². The normalized spacial score (nSPS) is 19.7. The van der Waals surface area contributed by atoms with Crippen molar-refractivity contribution in [3.8, 4) is 5.75 Å². The fourth-order valence-corrected chi connectivity index (χ4v) is 3.16. The standard InChI is InChI=1S/C15H15NOS/c16-15(11-6-2-1-3-7-11)13-10-18-14-9-5-4-8-12(14)17-13/h1-9,13,15H,10,16H2. The second kappa shape index (κ2) is 5.04. The van der Waals surface area contributed by atoms with Gasteiger partial charge in [0.15, 0.2) is 0 Å². The van der Waals surface area contributed by atoms with Gasteiger partial charge in [-0.1, -0.05) is 42.5 Å². The van der Waals surface area contributed by atoms with E-state index in [-0.39, 0.29) is 12.1 Å². The van der Waals surface area contributed by atoms with Crippen molar-refractivity contribution < 1.29 is 4.74 Å². The molecule has 92 valence electrons. The van der Waals surface area contributed by atoms with Crippen LogP contribution in [-0.4, -0.2) is 11.9 Å². The summed E-state index contributed by atoms with van der Waals surface area (Å²) in [6.45, 7) is 0. The number of nitrogens with two attached hydrogens (primary N) is 1. The maximum Gasteiger partial charge on any atom is 0.133 e. The van der Waals surface area contributed by atoms with Crippen molar-refractivity contribution in [1.82, 2.24) is 0 Å². The van der Waals surface area contributed by atoms with Gasteiger partial charge in [0.25, 0.3) is 0 Å². The molecule has 2 aromatic carbocycles. The quantitative estimate of drug-likeness (QED) is 0.897. The summed E-state index contributed by atoms with van der Waals surface area (Å²) in [7, 11) is 0. The maximum atomic E-state index is 6.29. The lowest BCUT2D eigenvalue weighted by Gasteiger charge is -2.30. The van der Waals surface area contributed by atoms with Crippen LogP contribution in [0.2, 0.25) is 0 Å². The van der Waals surface area contributed by atoms with Crippen LogP contribution < -0.4 is 10.5 Å². The smallest absolute Gasteiger partial charge is 0.133 e. The summed E-state index contributed by atoms with van der Waals surface area (Å²) in [6, 6.07) is 18.2. The highest BCUT2D eigenvalue weighted by Crippen LogP contribution is 2.37. The van der Waals surface area contributed by atoms with E-state index in [1.807, 2.05) is 48.2 Å². The number of thioether (sulfide) groups is 1. The molecule has 0 aromatic heterocycles. The molecule has 0 aliphatic carbocycles. The zero-order valence-electron chi connectivity index (χ0n) is 9.95. The maximum absolute atomic E-state index is 6.29. The Bertz CT molecular complexity index is 529. The number of ether oxygens (including phenoxy) is 1. The first-order chi connectivity index (χ1) is 8.84. The van der Waals surface area contributed by atoms with Gasteiger partial charge in [0, 0.05) is 10.6 Å². The summed E-state index contributed by atoms with van der Waals surface area (Å²) in [5.41, 5.74) is 7.42. The molecule has 1 aliphatic rings. The van der Waals surface area contributed by atoms with Gasteiger partial charge in [0.2, 0.25) is 0 Å². The molecule has 0 amide bonds. The van der Waals surface area contributed by atoms with E-state index < -0.39 is 0 Å². The Morgan fingerprint density at radius 1 is 1.06 bits per heavy atom. The molecule has 3 rings (SSSR count). The number of hydrogen-bond acceptors (Lipinski definition) is 3. The van der Waals surface area contributed by atoms with Gasteiger partial charge in [-0.3, -0.25) is 0 Å². The number of fused-ring (bicyclic) bond motifs is 1. The zero-order chi connectivity index (χ0) is 12.4. The van der Waals surface area contributed by atoms with Crippen LogP contribution in [-0.2, 0) is 0 Å². The van der Waals surface area contributed by atoms with E-state index in [0.717, 1.165) is 17.1 Å². The van der Waals surface area contributed by atoms with Gasteiger partial charge in [-0.05, 0) is 17.7 Å². The number of benzene rings is 2. The highest BCUT2D eigenvalue weighted by atomic mass is 32.2. The van der Waals surface area contributed by atoms with E-state index in [1.54, 1.807) is 0 Å². The number of para-hydroxylation sites is 1. The van der Waals surface area contributed by atoms with Gasteiger partial charge >= 0.3 is 0 Å². The van der Waals surface area contributed by atoms with Gasteiger partial charge in [0.05, 0.1) is 6.04 Å². The SMILES string of the molecule is NC(c1ccccc1)C1CSc2ccccc2O1. The van der Waals surface area contributed by atoms with Gasteiger partial charge in [0.1, 0.15) is 11.9 Å². The van der Waals surface area contributed by atoms with Crippen molar-refractivity contribution in [2.75, 3.05) is 5.75 Å². The Morgan fingerprint density at radius 2 is 1.78 bits per heavy atom. The molecule has 0 saturated carbocycles. The molecule has 1 aliphatic heterocycles. The van der Waals surface area contributed by atoms with E-state index >= 15 is 0 Å². The van der Waals surface area contributed by atoms with Crippen molar-refractivity contribution >= 4 is 11.8 Å². The van der Waals surface area contributed by atoms with Gasteiger partial charge in [-0.2, -0.15) is 0 Å².